The van der Waals surface area contributed by atoms with Crippen LogP contribution in [0, 0.1) is 0 Å². The number of nitrogen functional groups attached to an aromatic ring is 1. The molecule has 0 amide bonds. The van der Waals surface area contributed by atoms with Crippen molar-refractivity contribution in [3.05, 3.63) is 41.5 Å². The van der Waals surface area contributed by atoms with Crippen molar-refractivity contribution in [2.75, 3.05) is 19.3 Å². The Kier molecular flexibility index (Phi) is 4.38. The fourth-order valence-electron chi connectivity index (χ4n) is 3.37. The van der Waals surface area contributed by atoms with Gasteiger partial charge in [-0.1, -0.05) is 19.1 Å². The summed E-state index contributed by atoms with van der Waals surface area (Å²) in [6.45, 7) is 6.93. The highest BCUT2D eigenvalue weighted by Gasteiger charge is 2.17. The van der Waals surface area contributed by atoms with Crippen molar-refractivity contribution in [1.82, 2.24) is 19.4 Å². The van der Waals surface area contributed by atoms with Crippen LogP contribution in [0.25, 0.3) is 32.4 Å². The Morgan fingerprint density at radius 3 is 2.73 bits per heavy atom. The highest BCUT2D eigenvalue weighted by atomic mass is 32.1. The summed E-state index contributed by atoms with van der Waals surface area (Å²) >= 11 is 1.73. The number of nitrogens with zero attached hydrogens (tertiary/aromatic N) is 4. The molecule has 0 atom stereocenters. The first-order chi connectivity index (χ1) is 12.6. The molecule has 26 heavy (non-hydrogen) atoms. The van der Waals surface area contributed by atoms with Gasteiger partial charge in [-0.25, -0.2) is 9.97 Å². The average molecular weight is 366 g/mol. The summed E-state index contributed by atoms with van der Waals surface area (Å²) < 4.78 is 2.27. The molecule has 0 aliphatic rings. The largest absolute Gasteiger partial charge is 0.382 e. The van der Waals surface area contributed by atoms with Gasteiger partial charge in [0.2, 0.25) is 0 Å². The first-order valence-electron chi connectivity index (χ1n) is 8.93. The van der Waals surface area contributed by atoms with E-state index in [4.69, 9.17) is 10.7 Å². The van der Waals surface area contributed by atoms with Gasteiger partial charge in [0.15, 0.2) is 5.82 Å². The molecule has 0 fully saturated rings. The molecule has 1 aromatic carbocycles. The monoisotopic (exact) mass is 365 g/mol. The van der Waals surface area contributed by atoms with Gasteiger partial charge in [0.25, 0.3) is 0 Å². The molecule has 2 N–H and O–H groups in total. The molecule has 6 heteroatoms. The molecule has 5 nitrogen and oxygen atoms in total. The van der Waals surface area contributed by atoms with E-state index >= 15 is 0 Å². The third kappa shape index (κ3) is 2.75. The fourth-order valence-corrected chi connectivity index (χ4v) is 4.09. The predicted octanol–water partition coefficient (Wildman–Crippen LogP) is 4.37. The maximum Gasteiger partial charge on any atom is 0.152 e. The van der Waals surface area contributed by atoms with Crippen LogP contribution in [-0.4, -0.2) is 33.0 Å². The molecular formula is C20H23N5S. The van der Waals surface area contributed by atoms with E-state index in [0.717, 1.165) is 47.4 Å². The second-order valence-corrected chi connectivity index (χ2v) is 7.45. The molecule has 0 radical (unpaired) electrons. The number of nitrogens with two attached hydrogens (primary N) is 1. The fraction of sp³-hybridized carbons (Fsp3) is 0.300. The molecule has 4 aromatic rings. The number of benzene rings is 1. The first kappa shape index (κ1) is 17.0. The summed E-state index contributed by atoms with van der Waals surface area (Å²) in [5, 5.41) is 3.20. The summed E-state index contributed by atoms with van der Waals surface area (Å²) in [7, 11) is 2.10. The number of thiophene rings is 1. The second-order valence-electron chi connectivity index (χ2n) is 6.51. The molecule has 0 unspecified atom stereocenters. The summed E-state index contributed by atoms with van der Waals surface area (Å²) in [5.74, 6) is 1.54. The van der Waals surface area contributed by atoms with Gasteiger partial charge in [-0.3, -0.25) is 4.90 Å². The topological polar surface area (TPSA) is 60.0 Å². The van der Waals surface area contributed by atoms with Crippen molar-refractivity contribution in [3.8, 4) is 10.4 Å². The Bertz CT molecular complexity index is 1070. The average Bonchev–Trinajstić information content (AvgIpc) is 3.29. The van der Waals surface area contributed by atoms with Crippen LogP contribution in [0.2, 0.25) is 0 Å². The van der Waals surface area contributed by atoms with Crippen LogP contribution in [0.15, 0.2) is 35.7 Å². The van der Waals surface area contributed by atoms with Gasteiger partial charge in [-0.15, -0.1) is 11.3 Å². The number of fused-ring (bicyclic) bond motifs is 3. The normalized spacial score (nSPS) is 11.8. The molecular weight excluding hydrogens is 342 g/mol. The molecule has 0 aliphatic carbocycles. The summed E-state index contributed by atoms with van der Waals surface area (Å²) in [6, 6.07) is 10.6. The number of rotatable bonds is 5. The Labute approximate surface area is 157 Å². The highest BCUT2D eigenvalue weighted by molar-refractivity contribution is 7.13. The van der Waals surface area contributed by atoms with Gasteiger partial charge in [0, 0.05) is 16.8 Å². The highest BCUT2D eigenvalue weighted by Crippen LogP contribution is 2.33. The number of pyridine rings is 1. The Balaban J connectivity index is 1.96. The lowest BCUT2D eigenvalue weighted by Crippen LogP contribution is -2.19. The minimum absolute atomic E-state index is 0.503. The molecule has 3 heterocycles. The maximum atomic E-state index is 6.29. The molecule has 0 saturated carbocycles. The lowest BCUT2D eigenvalue weighted by molar-refractivity contribution is 0.331. The van der Waals surface area contributed by atoms with E-state index < -0.39 is 0 Å². The second kappa shape index (κ2) is 6.70. The van der Waals surface area contributed by atoms with Gasteiger partial charge in [-0.05, 0) is 49.7 Å². The van der Waals surface area contributed by atoms with Crippen LogP contribution in [-0.2, 0) is 13.1 Å². The Hall–Kier alpha value is -2.44. The van der Waals surface area contributed by atoms with E-state index in [2.05, 4.69) is 71.1 Å². The predicted molar refractivity (Wildman–Crippen MR) is 110 cm³/mol. The van der Waals surface area contributed by atoms with Crippen LogP contribution in [0.5, 0.6) is 0 Å². The third-order valence-corrected chi connectivity index (χ3v) is 5.78. The molecule has 134 valence electrons. The Morgan fingerprint density at radius 2 is 2.04 bits per heavy atom. The van der Waals surface area contributed by atoms with Crippen molar-refractivity contribution >= 4 is 39.1 Å². The van der Waals surface area contributed by atoms with E-state index in [-0.39, 0.29) is 0 Å². The quantitative estimate of drug-likeness (QED) is 0.571. The molecule has 0 bridgehead atoms. The summed E-state index contributed by atoms with van der Waals surface area (Å²) in [5.41, 5.74) is 10.3. The van der Waals surface area contributed by atoms with Crippen LogP contribution < -0.4 is 5.73 Å². The standard InChI is InChI=1S/C20H23N5S/c1-4-24(3)12-17-23-18-19(25(17)5-2)14-9-8-13(16-7-6-10-26-16)11-15(14)22-20(18)21/h6-11H,4-5,12H2,1-3H3,(H2,21,22). The van der Waals surface area contributed by atoms with Crippen molar-refractivity contribution in [2.45, 2.75) is 26.9 Å². The molecule has 0 aliphatic heterocycles. The van der Waals surface area contributed by atoms with Gasteiger partial charge in [-0.2, -0.15) is 0 Å². The Morgan fingerprint density at radius 1 is 1.19 bits per heavy atom. The zero-order valence-corrected chi connectivity index (χ0v) is 16.2. The van der Waals surface area contributed by atoms with Crippen molar-refractivity contribution < 1.29 is 0 Å². The van der Waals surface area contributed by atoms with Crippen molar-refractivity contribution in [2.24, 2.45) is 0 Å². The van der Waals surface area contributed by atoms with Gasteiger partial charge in [0.05, 0.1) is 17.6 Å². The number of aromatic nitrogens is 3. The summed E-state index contributed by atoms with van der Waals surface area (Å²) in [6.07, 6.45) is 0. The smallest absolute Gasteiger partial charge is 0.152 e. The molecule has 0 spiro atoms. The minimum Gasteiger partial charge on any atom is -0.382 e. The van der Waals surface area contributed by atoms with Gasteiger partial charge in [0.1, 0.15) is 11.3 Å². The lowest BCUT2D eigenvalue weighted by atomic mass is 10.1. The molecule has 4 rings (SSSR count). The maximum absolute atomic E-state index is 6.29. The number of imidazole rings is 1. The van der Waals surface area contributed by atoms with Crippen LogP contribution in [0.1, 0.15) is 19.7 Å². The van der Waals surface area contributed by atoms with E-state index in [1.54, 1.807) is 11.3 Å². The van der Waals surface area contributed by atoms with Gasteiger partial charge < -0.3 is 10.3 Å². The molecule has 0 saturated heterocycles. The number of anilines is 1. The van der Waals surface area contributed by atoms with E-state index in [1.165, 1.54) is 10.4 Å². The number of hydrogen-bond acceptors (Lipinski definition) is 5. The van der Waals surface area contributed by atoms with Crippen LogP contribution in [0.3, 0.4) is 0 Å². The van der Waals surface area contributed by atoms with E-state index in [9.17, 15) is 0 Å². The number of aryl methyl sites for hydroxylation is 1. The van der Waals surface area contributed by atoms with Crippen molar-refractivity contribution in [3.63, 3.8) is 0 Å². The lowest BCUT2D eigenvalue weighted by Gasteiger charge is -2.14. The first-order valence-corrected chi connectivity index (χ1v) is 9.81. The van der Waals surface area contributed by atoms with Crippen LogP contribution in [0.4, 0.5) is 5.82 Å². The van der Waals surface area contributed by atoms with Crippen LogP contribution >= 0.6 is 11.3 Å². The third-order valence-electron chi connectivity index (χ3n) is 4.86. The number of hydrogen-bond donors (Lipinski definition) is 1. The summed E-state index contributed by atoms with van der Waals surface area (Å²) in [4.78, 5) is 13.0. The zero-order valence-electron chi connectivity index (χ0n) is 15.4. The SMILES string of the molecule is CCN(C)Cc1nc2c(N)nc3cc(-c4cccs4)ccc3c2n1CC. The minimum atomic E-state index is 0.503. The van der Waals surface area contributed by atoms with E-state index in [0.29, 0.717) is 5.82 Å². The zero-order chi connectivity index (χ0) is 18.3. The molecule has 3 aromatic heterocycles. The van der Waals surface area contributed by atoms with Crippen molar-refractivity contribution in [1.29, 1.82) is 0 Å². The van der Waals surface area contributed by atoms with Gasteiger partial charge >= 0.3 is 0 Å². The van der Waals surface area contributed by atoms with E-state index in [1.807, 2.05) is 0 Å².